The van der Waals surface area contributed by atoms with Crippen molar-refractivity contribution in [2.24, 2.45) is 0 Å². The molecule has 18 heavy (non-hydrogen) atoms. The van der Waals surface area contributed by atoms with E-state index in [0.717, 1.165) is 0 Å². The summed E-state index contributed by atoms with van der Waals surface area (Å²) < 4.78 is 4.80. The minimum Gasteiger partial charge on any atom is -0.478 e. The van der Waals surface area contributed by atoms with Crippen LogP contribution in [-0.2, 0) is 0 Å². The molecule has 1 amide bonds. The Morgan fingerprint density at radius 3 is 2.44 bits per heavy atom. The van der Waals surface area contributed by atoms with E-state index in [1.165, 1.54) is 30.5 Å². The summed E-state index contributed by atoms with van der Waals surface area (Å²) in [6.45, 7) is 1.71. The number of aromatic nitrogens is 1. The molecule has 1 aromatic carbocycles. The van der Waals surface area contributed by atoms with Crippen LogP contribution < -0.4 is 5.32 Å². The van der Waals surface area contributed by atoms with E-state index in [-0.39, 0.29) is 11.3 Å². The molecule has 0 unspecified atom stereocenters. The van der Waals surface area contributed by atoms with Crippen LogP contribution in [0.2, 0.25) is 0 Å². The Bertz CT molecular complexity index is 586. The van der Waals surface area contributed by atoms with Crippen molar-refractivity contribution in [1.29, 1.82) is 0 Å². The molecule has 1 aromatic heterocycles. The van der Waals surface area contributed by atoms with Gasteiger partial charge in [-0.2, -0.15) is 0 Å². The largest absolute Gasteiger partial charge is 0.478 e. The third kappa shape index (κ3) is 2.37. The first-order valence-electron chi connectivity index (χ1n) is 5.14. The van der Waals surface area contributed by atoms with Gasteiger partial charge in [-0.1, -0.05) is 5.16 Å². The van der Waals surface area contributed by atoms with Gasteiger partial charge in [0.1, 0.15) is 0 Å². The van der Waals surface area contributed by atoms with Gasteiger partial charge in [0.25, 0.3) is 5.91 Å². The van der Waals surface area contributed by atoms with Crippen LogP contribution >= 0.6 is 0 Å². The lowest BCUT2D eigenvalue weighted by Crippen LogP contribution is -2.12. The lowest BCUT2D eigenvalue weighted by Gasteiger charge is -2.03. The van der Waals surface area contributed by atoms with Gasteiger partial charge in [0.05, 0.1) is 11.8 Å². The molecule has 0 aliphatic carbocycles. The number of benzene rings is 1. The van der Waals surface area contributed by atoms with E-state index in [0.29, 0.717) is 11.3 Å². The Hall–Kier alpha value is -2.63. The number of aryl methyl sites for hydroxylation is 1. The molecule has 0 saturated heterocycles. The topological polar surface area (TPSA) is 92.4 Å². The monoisotopic (exact) mass is 246 g/mol. The van der Waals surface area contributed by atoms with Crippen molar-refractivity contribution in [1.82, 2.24) is 5.16 Å². The van der Waals surface area contributed by atoms with Gasteiger partial charge >= 0.3 is 5.97 Å². The molecular formula is C12H10N2O4. The van der Waals surface area contributed by atoms with Crippen LogP contribution in [0.15, 0.2) is 35.0 Å². The van der Waals surface area contributed by atoms with Gasteiger partial charge in [-0.15, -0.1) is 0 Å². The van der Waals surface area contributed by atoms with Gasteiger partial charge in [-0.05, 0) is 31.2 Å². The molecular weight excluding hydrogens is 236 g/mol. The molecule has 2 rings (SSSR count). The summed E-state index contributed by atoms with van der Waals surface area (Å²) in [5.74, 6) is -1.30. The van der Waals surface area contributed by atoms with Crippen molar-refractivity contribution < 1.29 is 19.2 Å². The van der Waals surface area contributed by atoms with Crippen molar-refractivity contribution in [3.05, 3.63) is 47.3 Å². The van der Waals surface area contributed by atoms with Crippen LogP contribution in [0.25, 0.3) is 0 Å². The van der Waals surface area contributed by atoms with Crippen LogP contribution in [0.3, 0.4) is 0 Å². The zero-order chi connectivity index (χ0) is 13.1. The second-order valence-corrected chi connectivity index (χ2v) is 3.67. The number of aromatic carboxylic acids is 1. The molecule has 0 aliphatic heterocycles. The fourth-order valence-corrected chi connectivity index (χ4v) is 1.39. The van der Waals surface area contributed by atoms with Gasteiger partial charge in [-0.3, -0.25) is 4.79 Å². The average Bonchev–Trinajstić information content (AvgIpc) is 2.76. The first kappa shape index (κ1) is 11.8. The fourth-order valence-electron chi connectivity index (χ4n) is 1.39. The number of carbonyl (C=O) groups is 2. The van der Waals surface area contributed by atoms with Crippen molar-refractivity contribution >= 4 is 17.6 Å². The predicted octanol–water partition coefficient (Wildman–Crippen LogP) is 1.93. The number of hydrogen-bond acceptors (Lipinski definition) is 4. The number of carboxylic acid groups (broad SMARTS) is 1. The Labute approximate surface area is 102 Å². The molecule has 6 heteroatoms. The molecule has 1 heterocycles. The minimum atomic E-state index is -1.01. The van der Waals surface area contributed by atoms with Crippen molar-refractivity contribution in [3.8, 4) is 0 Å². The molecule has 0 spiro atoms. The molecule has 0 radical (unpaired) electrons. The Morgan fingerprint density at radius 1 is 1.28 bits per heavy atom. The lowest BCUT2D eigenvalue weighted by molar-refractivity contribution is 0.0696. The van der Waals surface area contributed by atoms with Crippen molar-refractivity contribution in [2.75, 3.05) is 5.32 Å². The van der Waals surface area contributed by atoms with Gasteiger partial charge in [0.15, 0.2) is 0 Å². The van der Waals surface area contributed by atoms with Crippen LogP contribution in [0.4, 0.5) is 5.69 Å². The van der Waals surface area contributed by atoms with Gasteiger partial charge < -0.3 is 14.9 Å². The summed E-state index contributed by atoms with van der Waals surface area (Å²) in [5.41, 5.74) is 1.28. The van der Waals surface area contributed by atoms with E-state index in [1.54, 1.807) is 6.92 Å². The highest BCUT2D eigenvalue weighted by atomic mass is 16.5. The minimum absolute atomic E-state index is 0.136. The first-order chi connectivity index (χ1) is 8.58. The molecule has 92 valence electrons. The van der Waals surface area contributed by atoms with Crippen molar-refractivity contribution in [3.63, 3.8) is 0 Å². The Balaban J connectivity index is 2.13. The summed E-state index contributed by atoms with van der Waals surface area (Å²) in [4.78, 5) is 22.4. The summed E-state index contributed by atoms with van der Waals surface area (Å²) >= 11 is 0. The molecule has 0 fully saturated rings. The average molecular weight is 246 g/mol. The molecule has 0 aliphatic rings. The van der Waals surface area contributed by atoms with Crippen LogP contribution in [0.5, 0.6) is 0 Å². The molecule has 6 nitrogen and oxygen atoms in total. The fraction of sp³-hybridized carbons (Fsp3) is 0.0833. The van der Waals surface area contributed by atoms with Crippen LogP contribution in [0.1, 0.15) is 26.5 Å². The van der Waals surface area contributed by atoms with Crippen LogP contribution in [-0.4, -0.2) is 22.1 Å². The first-order valence-corrected chi connectivity index (χ1v) is 5.14. The second-order valence-electron chi connectivity index (χ2n) is 3.67. The zero-order valence-corrected chi connectivity index (χ0v) is 9.51. The highest BCUT2D eigenvalue weighted by molar-refractivity contribution is 6.03. The maximum atomic E-state index is 11.8. The zero-order valence-electron chi connectivity index (χ0n) is 9.51. The number of nitrogens with one attached hydrogen (secondary N) is 1. The molecule has 0 bridgehead atoms. The molecule has 0 atom stereocenters. The van der Waals surface area contributed by atoms with E-state index in [9.17, 15) is 9.59 Å². The maximum absolute atomic E-state index is 11.8. The molecule has 2 N–H and O–H groups in total. The summed E-state index contributed by atoms with van der Waals surface area (Å²) in [5, 5.41) is 14.8. The van der Waals surface area contributed by atoms with E-state index in [2.05, 4.69) is 10.5 Å². The van der Waals surface area contributed by atoms with E-state index < -0.39 is 11.9 Å². The summed E-state index contributed by atoms with van der Waals surface area (Å²) in [6.07, 6.45) is 1.45. The van der Waals surface area contributed by atoms with Crippen molar-refractivity contribution in [2.45, 2.75) is 6.92 Å². The summed E-state index contributed by atoms with van der Waals surface area (Å²) in [7, 11) is 0. The van der Waals surface area contributed by atoms with Gasteiger partial charge in [0.2, 0.25) is 5.76 Å². The number of carboxylic acids is 1. The normalized spacial score (nSPS) is 10.1. The summed E-state index contributed by atoms with van der Waals surface area (Å²) in [6, 6.07) is 5.83. The highest BCUT2D eigenvalue weighted by Crippen LogP contribution is 2.13. The number of hydrogen-bond donors (Lipinski definition) is 2. The van der Waals surface area contributed by atoms with E-state index in [1.807, 2.05) is 0 Å². The smallest absolute Gasteiger partial charge is 0.335 e. The third-order valence-corrected chi connectivity index (χ3v) is 2.34. The van der Waals surface area contributed by atoms with Gasteiger partial charge in [0, 0.05) is 11.3 Å². The number of anilines is 1. The maximum Gasteiger partial charge on any atom is 0.335 e. The highest BCUT2D eigenvalue weighted by Gasteiger charge is 2.14. The Morgan fingerprint density at radius 2 is 1.94 bits per heavy atom. The number of nitrogens with zero attached hydrogens (tertiary/aromatic N) is 1. The van der Waals surface area contributed by atoms with Crippen LogP contribution in [0, 0.1) is 6.92 Å². The Kier molecular flexibility index (Phi) is 3.09. The molecule has 0 saturated carbocycles. The lowest BCUT2D eigenvalue weighted by atomic mass is 10.2. The predicted molar refractivity (Wildman–Crippen MR) is 62.6 cm³/mol. The number of carbonyl (C=O) groups excluding carboxylic acids is 1. The van der Waals surface area contributed by atoms with Gasteiger partial charge in [-0.25, -0.2) is 4.79 Å². The SMILES string of the molecule is Cc1cnoc1C(=O)Nc1ccc(C(=O)O)cc1. The third-order valence-electron chi connectivity index (χ3n) is 2.34. The quantitative estimate of drug-likeness (QED) is 0.863. The second kappa shape index (κ2) is 4.70. The standard InChI is InChI=1S/C12H10N2O4/c1-7-6-13-18-10(7)11(15)14-9-4-2-8(3-5-9)12(16)17/h2-6H,1H3,(H,14,15)(H,16,17). The number of rotatable bonds is 3. The number of amides is 1. The molecule has 2 aromatic rings. The van der Waals surface area contributed by atoms with E-state index >= 15 is 0 Å². The van der Waals surface area contributed by atoms with E-state index in [4.69, 9.17) is 9.63 Å².